The molecule has 0 radical (unpaired) electrons. The molecule has 0 aliphatic rings. The smallest absolute Gasteiger partial charge is 0.131 e. The van der Waals surface area contributed by atoms with Crippen molar-refractivity contribution in [3.8, 4) is 11.1 Å². The molecule has 0 unspecified atom stereocenters. The number of anilines is 1. The highest BCUT2D eigenvalue weighted by atomic mass is 35.5. The zero-order valence-electron chi connectivity index (χ0n) is 9.47. The Bertz CT molecular complexity index is 725. The Morgan fingerprint density at radius 2 is 1.83 bits per heavy atom. The van der Waals surface area contributed by atoms with E-state index < -0.39 is 0 Å². The van der Waals surface area contributed by atoms with Gasteiger partial charge in [-0.25, -0.2) is 4.98 Å². The summed E-state index contributed by atoms with van der Waals surface area (Å²) in [5.41, 5.74) is 8.55. The van der Waals surface area contributed by atoms with Crippen molar-refractivity contribution < 1.29 is 0 Å². The van der Waals surface area contributed by atoms with E-state index in [-0.39, 0.29) is 0 Å². The summed E-state index contributed by atoms with van der Waals surface area (Å²) in [6, 6.07) is 11.8. The lowest BCUT2D eigenvalue weighted by Gasteiger charge is -2.06. The van der Waals surface area contributed by atoms with Crippen LogP contribution in [0.15, 0.2) is 48.8 Å². The fraction of sp³-hybridized carbons (Fsp3) is 0. The molecule has 3 aromatic rings. The molecule has 1 aromatic carbocycles. The quantitative estimate of drug-likeness (QED) is 0.724. The Morgan fingerprint density at radius 1 is 1.00 bits per heavy atom. The van der Waals surface area contributed by atoms with Gasteiger partial charge >= 0.3 is 0 Å². The fourth-order valence-electron chi connectivity index (χ4n) is 1.90. The van der Waals surface area contributed by atoms with Crippen LogP contribution in [0, 0.1) is 0 Å². The second-order valence-electron chi connectivity index (χ2n) is 4.00. The molecule has 2 aromatic heterocycles. The normalized spacial score (nSPS) is 10.7. The molecule has 0 fully saturated rings. The van der Waals surface area contributed by atoms with Gasteiger partial charge in [-0.3, -0.25) is 4.98 Å². The van der Waals surface area contributed by atoms with Crippen LogP contribution < -0.4 is 5.73 Å². The average Bonchev–Trinajstić information content (AvgIpc) is 2.41. The molecule has 0 atom stereocenters. The highest BCUT2D eigenvalue weighted by molar-refractivity contribution is 6.30. The average molecular weight is 256 g/mol. The molecule has 18 heavy (non-hydrogen) atoms. The SMILES string of the molecule is Nc1ncc(Cl)cc1-c1cnc2ccccc2c1. The summed E-state index contributed by atoms with van der Waals surface area (Å²) in [5, 5.41) is 1.63. The molecule has 3 rings (SSSR count). The fourth-order valence-corrected chi connectivity index (χ4v) is 2.06. The van der Waals surface area contributed by atoms with Crippen LogP contribution in [0.3, 0.4) is 0 Å². The van der Waals surface area contributed by atoms with E-state index in [9.17, 15) is 0 Å². The Kier molecular flexibility index (Phi) is 2.61. The van der Waals surface area contributed by atoms with Crippen molar-refractivity contribution in [2.75, 3.05) is 5.73 Å². The van der Waals surface area contributed by atoms with Gasteiger partial charge in [0.05, 0.1) is 10.5 Å². The van der Waals surface area contributed by atoms with Gasteiger partial charge in [-0.05, 0) is 18.2 Å². The van der Waals surface area contributed by atoms with E-state index in [1.807, 2.05) is 30.3 Å². The number of nitrogens with two attached hydrogens (primary N) is 1. The predicted molar refractivity (Wildman–Crippen MR) is 74.4 cm³/mol. The van der Waals surface area contributed by atoms with Gasteiger partial charge in [0.1, 0.15) is 5.82 Å². The van der Waals surface area contributed by atoms with Crippen LogP contribution in [0.1, 0.15) is 0 Å². The van der Waals surface area contributed by atoms with Crippen LogP contribution in [0.4, 0.5) is 5.82 Å². The molecular formula is C14H10ClN3. The molecule has 4 heteroatoms. The van der Waals surface area contributed by atoms with E-state index in [1.165, 1.54) is 6.20 Å². The van der Waals surface area contributed by atoms with Crippen molar-refractivity contribution in [2.24, 2.45) is 0 Å². The Balaban J connectivity index is 2.22. The number of hydrogen-bond acceptors (Lipinski definition) is 3. The predicted octanol–water partition coefficient (Wildman–Crippen LogP) is 3.53. The minimum Gasteiger partial charge on any atom is -0.383 e. The van der Waals surface area contributed by atoms with E-state index in [1.54, 1.807) is 12.3 Å². The number of nitrogens with zero attached hydrogens (tertiary/aromatic N) is 2. The first-order valence-corrected chi connectivity index (χ1v) is 5.88. The number of pyridine rings is 2. The molecule has 0 spiro atoms. The second-order valence-corrected chi connectivity index (χ2v) is 4.44. The molecule has 0 aliphatic heterocycles. The summed E-state index contributed by atoms with van der Waals surface area (Å²) in [7, 11) is 0. The number of benzene rings is 1. The van der Waals surface area contributed by atoms with Crippen molar-refractivity contribution in [1.82, 2.24) is 9.97 Å². The Labute approximate surface area is 109 Å². The summed E-state index contributed by atoms with van der Waals surface area (Å²) >= 11 is 5.95. The Hall–Kier alpha value is -2.13. The van der Waals surface area contributed by atoms with Crippen LogP contribution in [-0.4, -0.2) is 9.97 Å². The van der Waals surface area contributed by atoms with E-state index in [0.717, 1.165) is 22.0 Å². The molecule has 0 aliphatic carbocycles. The molecule has 0 bridgehead atoms. The molecule has 88 valence electrons. The molecule has 3 nitrogen and oxygen atoms in total. The van der Waals surface area contributed by atoms with E-state index in [4.69, 9.17) is 17.3 Å². The maximum Gasteiger partial charge on any atom is 0.131 e. The lowest BCUT2D eigenvalue weighted by atomic mass is 10.1. The maximum atomic E-state index is 5.95. The zero-order chi connectivity index (χ0) is 12.5. The summed E-state index contributed by atoms with van der Waals surface area (Å²) < 4.78 is 0. The molecule has 2 heterocycles. The van der Waals surface area contributed by atoms with Crippen LogP contribution in [-0.2, 0) is 0 Å². The lowest BCUT2D eigenvalue weighted by Crippen LogP contribution is -1.94. The van der Waals surface area contributed by atoms with Crippen molar-refractivity contribution >= 4 is 28.3 Å². The van der Waals surface area contributed by atoms with Gasteiger partial charge in [0.15, 0.2) is 0 Å². The molecule has 0 saturated carbocycles. The topological polar surface area (TPSA) is 51.8 Å². The third-order valence-electron chi connectivity index (χ3n) is 2.79. The number of halogens is 1. The highest BCUT2D eigenvalue weighted by Gasteiger charge is 2.06. The first kappa shape index (κ1) is 11.0. The molecule has 0 amide bonds. The van der Waals surface area contributed by atoms with Gasteiger partial charge in [-0.1, -0.05) is 29.8 Å². The van der Waals surface area contributed by atoms with E-state index in [2.05, 4.69) is 9.97 Å². The number of para-hydroxylation sites is 1. The van der Waals surface area contributed by atoms with Crippen LogP contribution >= 0.6 is 11.6 Å². The first-order valence-electron chi connectivity index (χ1n) is 5.50. The van der Waals surface area contributed by atoms with Crippen LogP contribution in [0.25, 0.3) is 22.0 Å². The third-order valence-corrected chi connectivity index (χ3v) is 2.99. The third kappa shape index (κ3) is 1.89. The minimum absolute atomic E-state index is 0.455. The number of fused-ring (bicyclic) bond motifs is 1. The first-order chi connectivity index (χ1) is 8.74. The van der Waals surface area contributed by atoms with E-state index in [0.29, 0.717) is 10.8 Å². The summed E-state index contributed by atoms with van der Waals surface area (Å²) in [6.45, 7) is 0. The highest BCUT2D eigenvalue weighted by Crippen LogP contribution is 2.28. The van der Waals surface area contributed by atoms with Gasteiger partial charge in [0.25, 0.3) is 0 Å². The largest absolute Gasteiger partial charge is 0.383 e. The van der Waals surface area contributed by atoms with Gasteiger partial charge in [0, 0.05) is 28.9 Å². The summed E-state index contributed by atoms with van der Waals surface area (Å²) in [4.78, 5) is 8.46. The second kappa shape index (κ2) is 4.27. The monoisotopic (exact) mass is 255 g/mol. The van der Waals surface area contributed by atoms with Crippen molar-refractivity contribution in [3.05, 3.63) is 53.8 Å². The maximum absolute atomic E-state index is 5.95. The van der Waals surface area contributed by atoms with Crippen molar-refractivity contribution in [1.29, 1.82) is 0 Å². The standard InChI is InChI=1S/C14H10ClN3/c15-11-6-12(14(16)18-8-11)10-5-9-3-1-2-4-13(9)17-7-10/h1-8H,(H2,16,18). The number of nitrogen functional groups attached to an aromatic ring is 1. The van der Waals surface area contributed by atoms with E-state index >= 15 is 0 Å². The van der Waals surface area contributed by atoms with Gasteiger partial charge in [-0.15, -0.1) is 0 Å². The van der Waals surface area contributed by atoms with Gasteiger partial charge in [-0.2, -0.15) is 0 Å². The number of aromatic nitrogens is 2. The van der Waals surface area contributed by atoms with Gasteiger partial charge < -0.3 is 5.73 Å². The van der Waals surface area contributed by atoms with Gasteiger partial charge in [0.2, 0.25) is 0 Å². The van der Waals surface area contributed by atoms with Crippen molar-refractivity contribution in [3.63, 3.8) is 0 Å². The number of rotatable bonds is 1. The lowest BCUT2D eigenvalue weighted by molar-refractivity contribution is 1.33. The summed E-state index contributed by atoms with van der Waals surface area (Å²) in [5.74, 6) is 0.455. The zero-order valence-corrected chi connectivity index (χ0v) is 10.2. The van der Waals surface area contributed by atoms with Crippen molar-refractivity contribution in [2.45, 2.75) is 0 Å². The molecular weight excluding hydrogens is 246 g/mol. The molecule has 0 saturated heterocycles. The minimum atomic E-state index is 0.455. The Morgan fingerprint density at radius 3 is 2.72 bits per heavy atom. The molecule has 2 N–H and O–H groups in total. The van der Waals surface area contributed by atoms with Crippen LogP contribution in [0.5, 0.6) is 0 Å². The summed E-state index contributed by atoms with van der Waals surface area (Å²) in [6.07, 6.45) is 3.32. The van der Waals surface area contributed by atoms with Crippen LogP contribution in [0.2, 0.25) is 5.02 Å². The number of hydrogen-bond donors (Lipinski definition) is 1.